The number of hydrogen-bond donors (Lipinski definition) is 2. The molecule has 0 spiro atoms. The Morgan fingerprint density at radius 2 is 2.10 bits per heavy atom. The van der Waals surface area contributed by atoms with E-state index in [-0.39, 0.29) is 23.5 Å². The zero-order valence-corrected chi connectivity index (χ0v) is 12.7. The smallest absolute Gasteiger partial charge is 0.241 e. The molecular weight excluding hydrogens is 276 g/mol. The van der Waals surface area contributed by atoms with Crippen molar-refractivity contribution in [2.24, 2.45) is 5.92 Å². The Labute approximate surface area is 120 Å². The lowest BCUT2D eigenvalue weighted by atomic mass is 9.95. The third kappa shape index (κ3) is 3.38. The molecule has 2 atom stereocenters. The summed E-state index contributed by atoms with van der Waals surface area (Å²) in [6.45, 7) is 3.55. The van der Waals surface area contributed by atoms with Crippen LogP contribution in [0.1, 0.15) is 18.9 Å². The van der Waals surface area contributed by atoms with E-state index in [0.29, 0.717) is 5.56 Å². The number of rotatable bonds is 4. The first-order chi connectivity index (χ1) is 9.44. The predicted octanol–water partition coefficient (Wildman–Crippen LogP) is 0.797. The number of aliphatic hydroxyl groups excluding tert-OH is 1. The highest BCUT2D eigenvalue weighted by molar-refractivity contribution is 7.89. The zero-order chi connectivity index (χ0) is 14.8. The molecule has 1 fully saturated rings. The van der Waals surface area contributed by atoms with Gasteiger partial charge in [-0.05, 0) is 37.6 Å². The largest absolute Gasteiger partial charge is 0.392 e. The molecule has 2 unspecified atom stereocenters. The molecule has 1 heterocycles. The average molecular weight is 298 g/mol. The fourth-order valence-electron chi connectivity index (χ4n) is 2.69. The van der Waals surface area contributed by atoms with E-state index in [1.54, 1.807) is 18.2 Å². The molecule has 1 aromatic carbocycles. The monoisotopic (exact) mass is 298 g/mol. The standard InChI is InChI=1S/C14H22N2O3S/c1-11-9-16(2)8-7-13(11)15-20(18,19)14-6-4-3-5-12(14)10-17/h3-6,11,13,15,17H,7-10H2,1-2H3. The maximum Gasteiger partial charge on any atom is 0.241 e. The van der Waals surface area contributed by atoms with Crippen LogP contribution in [0.4, 0.5) is 0 Å². The number of sulfonamides is 1. The average Bonchev–Trinajstić information content (AvgIpc) is 2.42. The van der Waals surface area contributed by atoms with Crippen molar-refractivity contribution in [3.05, 3.63) is 29.8 Å². The van der Waals surface area contributed by atoms with Crippen molar-refractivity contribution >= 4 is 10.0 Å². The molecule has 0 aromatic heterocycles. The first-order valence-electron chi connectivity index (χ1n) is 6.83. The van der Waals surface area contributed by atoms with E-state index in [0.717, 1.165) is 19.5 Å². The van der Waals surface area contributed by atoms with Gasteiger partial charge in [-0.25, -0.2) is 13.1 Å². The summed E-state index contributed by atoms with van der Waals surface area (Å²) in [7, 11) is -1.54. The van der Waals surface area contributed by atoms with E-state index in [1.807, 2.05) is 7.05 Å². The molecule has 1 aromatic rings. The maximum atomic E-state index is 12.5. The highest BCUT2D eigenvalue weighted by atomic mass is 32.2. The van der Waals surface area contributed by atoms with E-state index in [2.05, 4.69) is 16.5 Å². The van der Waals surface area contributed by atoms with E-state index < -0.39 is 10.0 Å². The van der Waals surface area contributed by atoms with Gasteiger partial charge in [0.1, 0.15) is 0 Å². The van der Waals surface area contributed by atoms with Gasteiger partial charge in [-0.2, -0.15) is 0 Å². The fourth-order valence-corrected chi connectivity index (χ4v) is 4.30. The Balaban J connectivity index is 2.19. The van der Waals surface area contributed by atoms with Crippen LogP contribution in [-0.2, 0) is 16.6 Å². The van der Waals surface area contributed by atoms with Crippen LogP contribution in [0.15, 0.2) is 29.2 Å². The van der Waals surface area contributed by atoms with Crippen LogP contribution in [0, 0.1) is 5.92 Å². The molecule has 20 heavy (non-hydrogen) atoms. The lowest BCUT2D eigenvalue weighted by Crippen LogP contribution is -2.48. The minimum atomic E-state index is -3.58. The number of aliphatic hydroxyl groups is 1. The highest BCUT2D eigenvalue weighted by Gasteiger charge is 2.29. The summed E-state index contributed by atoms with van der Waals surface area (Å²) in [6.07, 6.45) is 0.804. The fraction of sp³-hybridized carbons (Fsp3) is 0.571. The van der Waals surface area contributed by atoms with Crippen molar-refractivity contribution in [3.63, 3.8) is 0 Å². The summed E-state index contributed by atoms with van der Waals surface area (Å²) >= 11 is 0. The first-order valence-corrected chi connectivity index (χ1v) is 8.32. The van der Waals surface area contributed by atoms with Crippen LogP contribution in [0.25, 0.3) is 0 Å². The van der Waals surface area contributed by atoms with Crippen molar-refractivity contribution in [1.29, 1.82) is 0 Å². The molecule has 0 aliphatic carbocycles. The molecule has 5 nitrogen and oxygen atoms in total. The number of nitrogens with zero attached hydrogens (tertiary/aromatic N) is 1. The van der Waals surface area contributed by atoms with E-state index >= 15 is 0 Å². The van der Waals surface area contributed by atoms with Crippen molar-refractivity contribution in [3.8, 4) is 0 Å². The molecule has 112 valence electrons. The number of piperidine rings is 1. The molecule has 0 amide bonds. The topological polar surface area (TPSA) is 69.6 Å². The molecule has 0 bridgehead atoms. The summed E-state index contributed by atoms with van der Waals surface area (Å²) < 4.78 is 27.7. The number of likely N-dealkylation sites (tertiary alicyclic amines) is 1. The summed E-state index contributed by atoms with van der Waals surface area (Å²) in [4.78, 5) is 2.38. The van der Waals surface area contributed by atoms with Gasteiger partial charge in [0.2, 0.25) is 10.0 Å². The molecule has 0 saturated carbocycles. The van der Waals surface area contributed by atoms with Gasteiger partial charge in [0, 0.05) is 12.6 Å². The van der Waals surface area contributed by atoms with E-state index in [1.165, 1.54) is 6.07 Å². The normalized spacial score (nSPS) is 24.8. The van der Waals surface area contributed by atoms with Crippen molar-refractivity contribution < 1.29 is 13.5 Å². The lowest BCUT2D eigenvalue weighted by molar-refractivity contribution is 0.188. The number of benzene rings is 1. The zero-order valence-electron chi connectivity index (χ0n) is 11.9. The van der Waals surface area contributed by atoms with Gasteiger partial charge < -0.3 is 10.0 Å². The Hall–Kier alpha value is -0.950. The molecule has 2 rings (SSSR count). The van der Waals surface area contributed by atoms with Crippen LogP contribution in [0.2, 0.25) is 0 Å². The summed E-state index contributed by atoms with van der Waals surface area (Å²) in [5.41, 5.74) is 0.431. The van der Waals surface area contributed by atoms with E-state index in [9.17, 15) is 13.5 Å². The van der Waals surface area contributed by atoms with Crippen molar-refractivity contribution in [2.75, 3.05) is 20.1 Å². The van der Waals surface area contributed by atoms with Crippen LogP contribution in [-0.4, -0.2) is 44.6 Å². The van der Waals surface area contributed by atoms with E-state index in [4.69, 9.17) is 0 Å². The number of hydrogen-bond acceptors (Lipinski definition) is 4. The van der Waals surface area contributed by atoms with Crippen LogP contribution < -0.4 is 4.72 Å². The third-order valence-corrected chi connectivity index (χ3v) is 5.44. The SMILES string of the molecule is CC1CN(C)CCC1NS(=O)(=O)c1ccccc1CO. The van der Waals surface area contributed by atoms with Gasteiger partial charge in [0.15, 0.2) is 0 Å². The Morgan fingerprint density at radius 3 is 2.75 bits per heavy atom. The van der Waals surface area contributed by atoms with Gasteiger partial charge in [-0.15, -0.1) is 0 Å². The minimum absolute atomic E-state index is 0.0528. The van der Waals surface area contributed by atoms with Crippen LogP contribution >= 0.6 is 0 Å². The second-order valence-corrected chi connectivity index (χ2v) is 7.20. The van der Waals surface area contributed by atoms with Gasteiger partial charge in [-0.1, -0.05) is 25.1 Å². The first kappa shape index (κ1) is 15.4. The van der Waals surface area contributed by atoms with Crippen molar-refractivity contribution in [2.45, 2.75) is 30.9 Å². The maximum absolute atomic E-state index is 12.5. The molecule has 1 aliphatic heterocycles. The summed E-state index contributed by atoms with van der Waals surface area (Å²) in [5, 5.41) is 9.28. The number of nitrogens with one attached hydrogen (secondary N) is 1. The van der Waals surface area contributed by atoms with Gasteiger partial charge in [0.05, 0.1) is 11.5 Å². The molecule has 1 aliphatic rings. The highest BCUT2D eigenvalue weighted by Crippen LogP contribution is 2.20. The second-order valence-electron chi connectivity index (χ2n) is 5.52. The predicted molar refractivity (Wildman–Crippen MR) is 77.8 cm³/mol. The molecular formula is C14H22N2O3S. The second kappa shape index (κ2) is 6.22. The van der Waals surface area contributed by atoms with Crippen molar-refractivity contribution in [1.82, 2.24) is 9.62 Å². The molecule has 1 saturated heterocycles. The van der Waals surface area contributed by atoms with Gasteiger partial charge in [-0.3, -0.25) is 0 Å². The minimum Gasteiger partial charge on any atom is -0.392 e. The summed E-state index contributed by atoms with van der Waals surface area (Å²) in [5.74, 6) is 0.268. The van der Waals surface area contributed by atoms with Gasteiger partial charge in [0.25, 0.3) is 0 Å². The molecule has 0 radical (unpaired) electrons. The molecule has 2 N–H and O–H groups in total. The third-order valence-electron chi connectivity index (χ3n) is 3.85. The Kier molecular flexibility index (Phi) is 4.80. The van der Waals surface area contributed by atoms with Crippen LogP contribution in [0.3, 0.4) is 0 Å². The Morgan fingerprint density at radius 1 is 1.40 bits per heavy atom. The molecule has 6 heteroatoms. The quantitative estimate of drug-likeness (QED) is 0.862. The van der Waals surface area contributed by atoms with Gasteiger partial charge >= 0.3 is 0 Å². The lowest BCUT2D eigenvalue weighted by Gasteiger charge is -2.35. The summed E-state index contributed by atoms with van der Waals surface area (Å²) in [6, 6.07) is 6.51. The van der Waals surface area contributed by atoms with Crippen LogP contribution in [0.5, 0.6) is 0 Å². The Bertz CT molecular complexity index is 559.